The normalized spacial score (nSPS) is 12.3. The fourth-order valence-electron chi connectivity index (χ4n) is 1.76. The monoisotopic (exact) mass is 330 g/mol. The topological polar surface area (TPSA) is 41.5 Å². The predicted molar refractivity (Wildman–Crippen MR) is 85.0 cm³/mol. The average molecular weight is 331 g/mol. The Kier molecular flexibility index (Phi) is 5.07. The van der Waals surface area contributed by atoms with E-state index in [0.29, 0.717) is 5.56 Å². The van der Waals surface area contributed by atoms with Crippen LogP contribution >= 0.6 is 15.9 Å². The third-order valence-corrected chi connectivity index (χ3v) is 3.60. The quantitative estimate of drug-likeness (QED) is 0.668. The van der Waals surface area contributed by atoms with Crippen LogP contribution in [0.25, 0.3) is 0 Å². The van der Waals surface area contributed by atoms with Crippen molar-refractivity contribution < 1.29 is 4.79 Å². The minimum Gasteiger partial charge on any atom is -0.267 e. The molecule has 0 aliphatic heterocycles. The van der Waals surface area contributed by atoms with E-state index in [1.165, 1.54) is 0 Å². The lowest BCUT2D eigenvalue weighted by atomic mass is 10.0. The van der Waals surface area contributed by atoms with Gasteiger partial charge in [0.15, 0.2) is 0 Å². The number of hydrogen-bond donors (Lipinski definition) is 1. The van der Waals surface area contributed by atoms with E-state index in [2.05, 4.69) is 26.5 Å². The first-order chi connectivity index (χ1) is 9.68. The molecule has 2 aromatic carbocycles. The van der Waals surface area contributed by atoms with Gasteiger partial charge in [-0.05, 0) is 33.6 Å². The summed E-state index contributed by atoms with van der Waals surface area (Å²) in [7, 11) is 0. The second-order valence-corrected chi connectivity index (χ2v) is 5.25. The molecule has 2 rings (SSSR count). The van der Waals surface area contributed by atoms with E-state index < -0.39 is 0 Å². The standard InChI is InChI=1S/C16H15BrN2O/c1-12(13-7-3-2-4-8-13)11-18-19-16(20)14-9-5-6-10-15(14)17/h2-12H,1H3,(H,19,20)/b18-11-/t12-/m0/s1. The van der Waals surface area contributed by atoms with Crippen LogP contribution in [-0.4, -0.2) is 12.1 Å². The summed E-state index contributed by atoms with van der Waals surface area (Å²) in [6.45, 7) is 2.03. The molecule has 0 radical (unpaired) electrons. The van der Waals surface area contributed by atoms with Crippen molar-refractivity contribution in [3.05, 3.63) is 70.2 Å². The molecule has 0 heterocycles. The zero-order valence-electron chi connectivity index (χ0n) is 11.1. The molecule has 2 aromatic rings. The molecule has 4 heteroatoms. The van der Waals surface area contributed by atoms with Crippen LogP contribution < -0.4 is 5.43 Å². The number of carbonyl (C=O) groups excluding carboxylic acids is 1. The summed E-state index contributed by atoms with van der Waals surface area (Å²) in [5, 5.41) is 4.02. The maximum atomic E-state index is 11.9. The lowest BCUT2D eigenvalue weighted by Gasteiger charge is -2.06. The highest BCUT2D eigenvalue weighted by Crippen LogP contribution is 2.15. The SMILES string of the molecule is C[C@@H](/C=N\NC(=O)c1ccccc1Br)c1ccccc1. The summed E-state index contributed by atoms with van der Waals surface area (Å²) < 4.78 is 0.754. The van der Waals surface area contributed by atoms with Crippen LogP contribution in [0, 0.1) is 0 Å². The molecule has 0 saturated carbocycles. The van der Waals surface area contributed by atoms with Crippen molar-refractivity contribution >= 4 is 28.1 Å². The molecule has 0 bridgehead atoms. The number of benzene rings is 2. The Morgan fingerprint density at radius 3 is 2.50 bits per heavy atom. The lowest BCUT2D eigenvalue weighted by molar-refractivity contribution is 0.0954. The first kappa shape index (κ1) is 14.5. The molecular formula is C16H15BrN2O. The summed E-state index contributed by atoms with van der Waals surface area (Å²) in [4.78, 5) is 11.9. The first-order valence-electron chi connectivity index (χ1n) is 6.31. The molecule has 0 aliphatic rings. The second kappa shape index (κ2) is 7.01. The summed E-state index contributed by atoms with van der Waals surface area (Å²) in [6.07, 6.45) is 1.73. The van der Waals surface area contributed by atoms with E-state index in [-0.39, 0.29) is 11.8 Å². The van der Waals surface area contributed by atoms with E-state index in [9.17, 15) is 4.79 Å². The Bertz CT molecular complexity index is 611. The van der Waals surface area contributed by atoms with Crippen molar-refractivity contribution in [2.45, 2.75) is 12.8 Å². The van der Waals surface area contributed by atoms with Gasteiger partial charge in [-0.3, -0.25) is 4.79 Å². The number of nitrogens with zero attached hydrogens (tertiary/aromatic N) is 1. The minimum absolute atomic E-state index is 0.149. The van der Waals surface area contributed by atoms with Crippen LogP contribution in [0.3, 0.4) is 0 Å². The number of hydrogen-bond acceptors (Lipinski definition) is 2. The van der Waals surface area contributed by atoms with Gasteiger partial charge in [-0.25, -0.2) is 5.43 Å². The molecule has 0 fully saturated rings. The van der Waals surface area contributed by atoms with Gasteiger partial charge in [-0.1, -0.05) is 49.4 Å². The largest absolute Gasteiger partial charge is 0.272 e. The Morgan fingerprint density at radius 2 is 1.80 bits per heavy atom. The molecule has 1 amide bonds. The van der Waals surface area contributed by atoms with Crippen LogP contribution in [0.1, 0.15) is 28.8 Å². The van der Waals surface area contributed by atoms with Crippen molar-refractivity contribution in [2.24, 2.45) is 5.10 Å². The molecular weight excluding hydrogens is 316 g/mol. The van der Waals surface area contributed by atoms with Gasteiger partial charge < -0.3 is 0 Å². The van der Waals surface area contributed by atoms with Crippen molar-refractivity contribution in [1.29, 1.82) is 0 Å². The van der Waals surface area contributed by atoms with Gasteiger partial charge in [0, 0.05) is 16.6 Å². The van der Waals surface area contributed by atoms with Crippen molar-refractivity contribution in [3.8, 4) is 0 Å². The molecule has 1 atom stereocenters. The van der Waals surface area contributed by atoms with E-state index >= 15 is 0 Å². The molecule has 0 aliphatic carbocycles. The van der Waals surface area contributed by atoms with Gasteiger partial charge in [0.1, 0.15) is 0 Å². The number of rotatable bonds is 4. The van der Waals surface area contributed by atoms with E-state index in [0.717, 1.165) is 10.0 Å². The van der Waals surface area contributed by atoms with Crippen LogP contribution in [-0.2, 0) is 0 Å². The van der Waals surface area contributed by atoms with Gasteiger partial charge in [0.25, 0.3) is 5.91 Å². The van der Waals surface area contributed by atoms with E-state index in [4.69, 9.17) is 0 Å². The van der Waals surface area contributed by atoms with Gasteiger partial charge in [0.2, 0.25) is 0 Å². The summed E-state index contributed by atoms with van der Waals surface area (Å²) in [6, 6.07) is 17.3. The Morgan fingerprint density at radius 1 is 1.15 bits per heavy atom. The Hall–Kier alpha value is -1.94. The molecule has 0 aromatic heterocycles. The fourth-order valence-corrected chi connectivity index (χ4v) is 2.22. The third kappa shape index (κ3) is 3.78. The summed E-state index contributed by atoms with van der Waals surface area (Å²) >= 11 is 3.34. The van der Waals surface area contributed by atoms with Crippen LogP contribution in [0.2, 0.25) is 0 Å². The van der Waals surface area contributed by atoms with Crippen molar-refractivity contribution in [1.82, 2.24) is 5.43 Å². The van der Waals surface area contributed by atoms with Gasteiger partial charge in [-0.2, -0.15) is 5.10 Å². The lowest BCUT2D eigenvalue weighted by Crippen LogP contribution is -2.18. The van der Waals surface area contributed by atoms with Crippen LogP contribution in [0.4, 0.5) is 0 Å². The van der Waals surface area contributed by atoms with Crippen molar-refractivity contribution in [3.63, 3.8) is 0 Å². The number of nitrogens with one attached hydrogen (secondary N) is 1. The van der Waals surface area contributed by atoms with E-state index in [1.807, 2.05) is 55.5 Å². The van der Waals surface area contributed by atoms with E-state index in [1.54, 1.807) is 12.3 Å². The maximum absolute atomic E-state index is 11.9. The second-order valence-electron chi connectivity index (χ2n) is 4.40. The van der Waals surface area contributed by atoms with Gasteiger partial charge >= 0.3 is 0 Å². The average Bonchev–Trinajstić information content (AvgIpc) is 2.48. The fraction of sp³-hybridized carbons (Fsp3) is 0.125. The predicted octanol–water partition coefficient (Wildman–Crippen LogP) is 3.97. The molecule has 20 heavy (non-hydrogen) atoms. The number of carbonyl (C=O) groups is 1. The molecule has 0 unspecified atom stereocenters. The zero-order valence-corrected chi connectivity index (χ0v) is 12.7. The highest BCUT2D eigenvalue weighted by atomic mass is 79.9. The smallest absolute Gasteiger partial charge is 0.267 e. The van der Waals surface area contributed by atoms with Gasteiger partial charge in [0.05, 0.1) is 5.56 Å². The number of hydrazone groups is 1. The molecule has 0 spiro atoms. The Labute approximate surface area is 126 Å². The number of amides is 1. The first-order valence-corrected chi connectivity index (χ1v) is 7.11. The highest BCUT2D eigenvalue weighted by molar-refractivity contribution is 9.10. The zero-order chi connectivity index (χ0) is 14.4. The number of halogens is 1. The summed E-state index contributed by atoms with van der Waals surface area (Å²) in [5.74, 6) is -0.0790. The van der Waals surface area contributed by atoms with Crippen molar-refractivity contribution in [2.75, 3.05) is 0 Å². The molecule has 3 nitrogen and oxygen atoms in total. The molecule has 1 N–H and O–H groups in total. The summed E-state index contributed by atoms with van der Waals surface area (Å²) in [5.41, 5.74) is 4.27. The van der Waals surface area contributed by atoms with Crippen LogP contribution in [0.15, 0.2) is 64.2 Å². The molecule has 102 valence electrons. The molecule has 0 saturated heterocycles. The Balaban J connectivity index is 1.97. The highest BCUT2D eigenvalue weighted by Gasteiger charge is 2.07. The van der Waals surface area contributed by atoms with Gasteiger partial charge in [-0.15, -0.1) is 0 Å². The minimum atomic E-state index is -0.228. The maximum Gasteiger partial charge on any atom is 0.272 e. The van der Waals surface area contributed by atoms with Crippen LogP contribution in [0.5, 0.6) is 0 Å². The third-order valence-electron chi connectivity index (χ3n) is 2.91.